The van der Waals surface area contributed by atoms with E-state index in [-0.39, 0.29) is 30.9 Å². The van der Waals surface area contributed by atoms with E-state index in [0.717, 1.165) is 44.5 Å². The van der Waals surface area contributed by atoms with Gasteiger partial charge < -0.3 is 15.0 Å². The first-order chi connectivity index (χ1) is 9.81. The molecule has 0 aromatic heterocycles. The van der Waals surface area contributed by atoms with E-state index >= 15 is 0 Å². The smallest absolute Gasteiger partial charge is 0.410 e. The van der Waals surface area contributed by atoms with Gasteiger partial charge in [-0.3, -0.25) is 0 Å². The van der Waals surface area contributed by atoms with Crippen molar-refractivity contribution in [3.63, 3.8) is 0 Å². The Balaban J connectivity index is 0.00000220. The molecule has 4 nitrogen and oxygen atoms in total. The molecule has 0 atom stereocenters. The van der Waals surface area contributed by atoms with Crippen LogP contribution in [-0.4, -0.2) is 36.7 Å². The number of piperidine rings is 1. The molecule has 1 aliphatic rings. The number of carbonyl (C=O) groups is 1. The predicted molar refractivity (Wildman–Crippen MR) is 94.0 cm³/mol. The molecule has 1 saturated heterocycles. The number of nitrogens with one attached hydrogen (secondary N) is 1. The van der Waals surface area contributed by atoms with Gasteiger partial charge in [-0.05, 0) is 37.9 Å². The van der Waals surface area contributed by atoms with E-state index in [9.17, 15) is 4.79 Å². The molecular formula is C16H26Cl2N2O2. The zero-order valence-electron chi connectivity index (χ0n) is 13.0. The van der Waals surface area contributed by atoms with Crippen LogP contribution in [0.15, 0.2) is 30.3 Å². The fourth-order valence-electron chi connectivity index (χ4n) is 2.58. The fourth-order valence-corrected chi connectivity index (χ4v) is 2.58. The lowest BCUT2D eigenvalue weighted by atomic mass is 10.1. The normalized spacial score (nSPS) is 14.4. The molecule has 1 amide bonds. The first-order valence-corrected chi connectivity index (χ1v) is 7.49. The van der Waals surface area contributed by atoms with E-state index in [0.29, 0.717) is 12.6 Å². The Hall–Kier alpha value is -0.970. The van der Waals surface area contributed by atoms with Crippen molar-refractivity contribution in [1.82, 2.24) is 10.2 Å². The maximum Gasteiger partial charge on any atom is 0.410 e. The van der Waals surface area contributed by atoms with Crippen LogP contribution in [0.1, 0.15) is 31.7 Å². The van der Waals surface area contributed by atoms with Crippen LogP contribution in [0.4, 0.5) is 4.79 Å². The average Bonchev–Trinajstić information content (AvgIpc) is 2.52. The Morgan fingerprint density at radius 2 is 1.86 bits per heavy atom. The average molecular weight is 349 g/mol. The van der Waals surface area contributed by atoms with Gasteiger partial charge in [-0.25, -0.2) is 4.79 Å². The van der Waals surface area contributed by atoms with Crippen LogP contribution in [0, 0.1) is 0 Å². The zero-order chi connectivity index (χ0) is 14.2. The monoisotopic (exact) mass is 348 g/mol. The van der Waals surface area contributed by atoms with Gasteiger partial charge in [-0.2, -0.15) is 0 Å². The van der Waals surface area contributed by atoms with E-state index in [2.05, 4.69) is 12.2 Å². The van der Waals surface area contributed by atoms with Gasteiger partial charge in [0.1, 0.15) is 6.61 Å². The quantitative estimate of drug-likeness (QED) is 0.883. The Kier molecular flexibility index (Phi) is 11.1. The van der Waals surface area contributed by atoms with Crippen LogP contribution < -0.4 is 5.32 Å². The molecule has 22 heavy (non-hydrogen) atoms. The summed E-state index contributed by atoms with van der Waals surface area (Å²) in [4.78, 5) is 14.2. The standard InChI is InChI=1S/C16H24N2O2.2ClH/c1-2-12-18(15-8-10-17-11-9-15)16(19)20-13-14-6-4-3-5-7-14;;/h3-7,15,17H,2,8-13H2,1H3;2*1H. The Morgan fingerprint density at radius 1 is 1.23 bits per heavy atom. The molecule has 0 bridgehead atoms. The van der Waals surface area contributed by atoms with Gasteiger partial charge in [0.25, 0.3) is 0 Å². The molecular weight excluding hydrogens is 323 g/mol. The minimum atomic E-state index is -0.178. The number of hydrogen-bond donors (Lipinski definition) is 1. The minimum Gasteiger partial charge on any atom is -0.445 e. The van der Waals surface area contributed by atoms with Crippen LogP contribution in [0.3, 0.4) is 0 Å². The third-order valence-electron chi connectivity index (χ3n) is 3.65. The first kappa shape index (κ1) is 21.0. The highest BCUT2D eigenvalue weighted by atomic mass is 35.5. The summed E-state index contributed by atoms with van der Waals surface area (Å²) in [6.07, 6.45) is 2.81. The molecule has 1 heterocycles. The van der Waals surface area contributed by atoms with Crippen LogP contribution in [0.25, 0.3) is 0 Å². The van der Waals surface area contributed by atoms with Gasteiger partial charge in [0.2, 0.25) is 0 Å². The number of hydrogen-bond acceptors (Lipinski definition) is 3. The summed E-state index contributed by atoms with van der Waals surface area (Å²) in [6, 6.07) is 10.1. The van der Waals surface area contributed by atoms with Gasteiger partial charge in [0.15, 0.2) is 0 Å². The Bertz CT molecular complexity index is 412. The van der Waals surface area contributed by atoms with Gasteiger partial charge in [0.05, 0.1) is 0 Å². The summed E-state index contributed by atoms with van der Waals surface area (Å²) in [6.45, 7) is 5.19. The van der Waals surface area contributed by atoms with Crippen molar-refractivity contribution in [3.05, 3.63) is 35.9 Å². The Morgan fingerprint density at radius 3 is 2.45 bits per heavy atom. The summed E-state index contributed by atoms with van der Waals surface area (Å²) in [5.74, 6) is 0. The van der Waals surface area contributed by atoms with Crippen molar-refractivity contribution >= 4 is 30.9 Å². The van der Waals surface area contributed by atoms with Crippen molar-refractivity contribution in [1.29, 1.82) is 0 Å². The first-order valence-electron chi connectivity index (χ1n) is 7.49. The number of nitrogens with zero attached hydrogens (tertiary/aromatic N) is 1. The Labute approximate surface area is 145 Å². The van der Waals surface area contributed by atoms with Gasteiger partial charge in [-0.15, -0.1) is 24.8 Å². The van der Waals surface area contributed by atoms with Gasteiger partial charge in [-0.1, -0.05) is 37.3 Å². The second-order valence-electron chi connectivity index (χ2n) is 5.21. The van der Waals surface area contributed by atoms with Crippen molar-refractivity contribution in [2.24, 2.45) is 0 Å². The van der Waals surface area contributed by atoms with Crippen molar-refractivity contribution in [3.8, 4) is 0 Å². The van der Waals surface area contributed by atoms with Crippen LogP contribution >= 0.6 is 24.8 Å². The summed E-state index contributed by atoms with van der Waals surface area (Å²) < 4.78 is 5.46. The highest BCUT2D eigenvalue weighted by Crippen LogP contribution is 2.14. The highest BCUT2D eigenvalue weighted by molar-refractivity contribution is 5.85. The van der Waals surface area contributed by atoms with Gasteiger partial charge in [0, 0.05) is 12.6 Å². The lowest BCUT2D eigenvalue weighted by Crippen LogP contribution is -2.46. The number of halogens is 2. The molecule has 1 aliphatic heterocycles. The number of amides is 1. The summed E-state index contributed by atoms with van der Waals surface area (Å²) >= 11 is 0. The number of rotatable bonds is 5. The maximum atomic E-state index is 12.3. The van der Waals surface area contributed by atoms with E-state index in [1.54, 1.807) is 0 Å². The maximum absolute atomic E-state index is 12.3. The molecule has 6 heteroatoms. The van der Waals surface area contributed by atoms with Crippen molar-refractivity contribution in [2.75, 3.05) is 19.6 Å². The molecule has 0 saturated carbocycles. The molecule has 126 valence electrons. The lowest BCUT2D eigenvalue weighted by molar-refractivity contribution is 0.0734. The largest absolute Gasteiger partial charge is 0.445 e. The molecule has 0 unspecified atom stereocenters. The van der Waals surface area contributed by atoms with E-state index < -0.39 is 0 Å². The van der Waals surface area contributed by atoms with E-state index in [1.165, 1.54) is 0 Å². The minimum absolute atomic E-state index is 0. The summed E-state index contributed by atoms with van der Waals surface area (Å²) in [7, 11) is 0. The molecule has 1 fully saturated rings. The molecule has 2 rings (SSSR count). The summed E-state index contributed by atoms with van der Waals surface area (Å²) in [5, 5.41) is 3.33. The van der Waals surface area contributed by atoms with E-state index in [1.807, 2.05) is 35.2 Å². The topological polar surface area (TPSA) is 41.6 Å². The van der Waals surface area contributed by atoms with Crippen molar-refractivity contribution < 1.29 is 9.53 Å². The van der Waals surface area contributed by atoms with Crippen LogP contribution in [0.2, 0.25) is 0 Å². The van der Waals surface area contributed by atoms with E-state index in [4.69, 9.17) is 4.74 Å². The number of carbonyl (C=O) groups excluding carboxylic acids is 1. The van der Waals surface area contributed by atoms with Crippen LogP contribution in [0.5, 0.6) is 0 Å². The zero-order valence-corrected chi connectivity index (χ0v) is 14.6. The second kappa shape index (κ2) is 11.6. The second-order valence-corrected chi connectivity index (χ2v) is 5.21. The number of benzene rings is 1. The predicted octanol–water partition coefficient (Wildman–Crippen LogP) is 3.63. The van der Waals surface area contributed by atoms with Crippen LogP contribution in [-0.2, 0) is 11.3 Å². The summed E-state index contributed by atoms with van der Waals surface area (Å²) in [5.41, 5.74) is 1.03. The molecule has 0 aliphatic carbocycles. The number of ether oxygens (including phenoxy) is 1. The SMILES string of the molecule is CCCN(C(=O)OCc1ccccc1)C1CCNCC1.Cl.Cl. The van der Waals surface area contributed by atoms with Gasteiger partial charge >= 0.3 is 6.09 Å². The molecule has 1 aromatic rings. The fraction of sp³-hybridized carbons (Fsp3) is 0.562. The lowest BCUT2D eigenvalue weighted by Gasteiger charge is -2.33. The molecule has 0 spiro atoms. The third kappa shape index (κ3) is 6.42. The highest BCUT2D eigenvalue weighted by Gasteiger charge is 2.25. The third-order valence-corrected chi connectivity index (χ3v) is 3.65. The molecule has 1 N–H and O–H groups in total. The van der Waals surface area contributed by atoms with Crippen molar-refractivity contribution in [2.45, 2.75) is 38.8 Å². The molecule has 0 radical (unpaired) electrons. The molecule has 1 aromatic carbocycles.